The molecule has 0 atom stereocenters. The molecule has 1 fully saturated rings. The van der Waals surface area contributed by atoms with Gasteiger partial charge < -0.3 is 9.47 Å². The van der Waals surface area contributed by atoms with Gasteiger partial charge in [0.2, 0.25) is 0 Å². The van der Waals surface area contributed by atoms with Gasteiger partial charge in [-0.15, -0.1) is 0 Å². The predicted octanol–water partition coefficient (Wildman–Crippen LogP) is 3.12. The van der Waals surface area contributed by atoms with Crippen LogP contribution in [-0.4, -0.2) is 20.2 Å². The molecule has 1 aliphatic carbocycles. The third-order valence-corrected chi connectivity index (χ3v) is 4.31. The van der Waals surface area contributed by atoms with Crippen molar-refractivity contribution in [2.45, 2.75) is 40.0 Å². The van der Waals surface area contributed by atoms with Crippen molar-refractivity contribution in [3.05, 3.63) is 28.3 Å². The first-order chi connectivity index (χ1) is 8.95. The van der Waals surface area contributed by atoms with E-state index in [1.54, 1.807) is 7.11 Å². The number of methoxy groups -OCH3 is 2. The van der Waals surface area contributed by atoms with Crippen LogP contribution >= 0.6 is 0 Å². The Kier molecular flexibility index (Phi) is 3.57. The third-order valence-electron chi connectivity index (χ3n) is 4.31. The number of hydrogen-bond donors (Lipinski definition) is 0. The van der Waals surface area contributed by atoms with Gasteiger partial charge in [-0.2, -0.15) is 0 Å². The summed E-state index contributed by atoms with van der Waals surface area (Å²) in [5.74, 6) is 0.833. The fourth-order valence-corrected chi connectivity index (χ4v) is 2.76. The van der Waals surface area contributed by atoms with Gasteiger partial charge in [-0.25, -0.2) is 0 Å². The molecule has 3 nitrogen and oxygen atoms in total. The molecule has 1 aromatic carbocycles. The highest BCUT2D eigenvalue weighted by Gasteiger charge is 2.51. The van der Waals surface area contributed by atoms with Gasteiger partial charge in [0.1, 0.15) is 5.75 Å². The summed E-state index contributed by atoms with van der Waals surface area (Å²) in [5, 5.41) is 0. The van der Waals surface area contributed by atoms with Crippen molar-refractivity contribution in [2.75, 3.05) is 14.2 Å². The molecule has 0 saturated heterocycles. The first-order valence-corrected chi connectivity index (χ1v) is 6.67. The van der Waals surface area contributed by atoms with Crippen LogP contribution in [0.5, 0.6) is 5.75 Å². The smallest absolute Gasteiger partial charge is 0.312 e. The van der Waals surface area contributed by atoms with Gasteiger partial charge in [0.25, 0.3) is 0 Å². The maximum atomic E-state index is 11.9. The Labute approximate surface area is 114 Å². The van der Waals surface area contributed by atoms with Crippen molar-refractivity contribution in [3.63, 3.8) is 0 Å². The van der Waals surface area contributed by atoms with Crippen molar-refractivity contribution >= 4 is 5.97 Å². The minimum absolute atomic E-state index is 0.0906. The van der Waals surface area contributed by atoms with Gasteiger partial charge in [-0.3, -0.25) is 4.79 Å². The highest BCUT2D eigenvalue weighted by atomic mass is 16.5. The number of aryl methyl sites for hydroxylation is 2. The van der Waals surface area contributed by atoms with Crippen LogP contribution in [0.25, 0.3) is 0 Å². The van der Waals surface area contributed by atoms with E-state index in [2.05, 4.69) is 26.8 Å². The van der Waals surface area contributed by atoms with Crippen molar-refractivity contribution in [2.24, 2.45) is 5.41 Å². The molecule has 0 amide bonds. The summed E-state index contributed by atoms with van der Waals surface area (Å²) in [7, 11) is 3.16. The lowest BCUT2D eigenvalue weighted by molar-refractivity contribution is -0.147. The van der Waals surface area contributed by atoms with Gasteiger partial charge in [0.15, 0.2) is 0 Å². The molecular weight excluding hydrogens is 240 g/mol. The van der Waals surface area contributed by atoms with E-state index in [0.717, 1.165) is 36.1 Å². The van der Waals surface area contributed by atoms with Gasteiger partial charge in [0.05, 0.1) is 19.6 Å². The molecular formula is C16H22O3. The van der Waals surface area contributed by atoms with Crippen molar-refractivity contribution in [1.29, 1.82) is 0 Å². The number of hydrogen-bond acceptors (Lipinski definition) is 3. The van der Waals surface area contributed by atoms with Gasteiger partial charge in [-0.1, -0.05) is 6.07 Å². The summed E-state index contributed by atoms with van der Waals surface area (Å²) in [6.45, 7) is 6.23. The maximum absolute atomic E-state index is 11.9. The van der Waals surface area contributed by atoms with Crippen LogP contribution in [-0.2, 0) is 16.0 Å². The topological polar surface area (TPSA) is 35.5 Å². The van der Waals surface area contributed by atoms with Crippen LogP contribution in [0.15, 0.2) is 6.07 Å². The van der Waals surface area contributed by atoms with Crippen LogP contribution in [0.3, 0.4) is 0 Å². The summed E-state index contributed by atoms with van der Waals surface area (Å²) >= 11 is 0. The average molecular weight is 262 g/mol. The van der Waals surface area contributed by atoms with Gasteiger partial charge in [-0.05, 0) is 62.3 Å². The number of benzene rings is 1. The molecule has 19 heavy (non-hydrogen) atoms. The van der Waals surface area contributed by atoms with Crippen molar-refractivity contribution in [3.8, 4) is 5.75 Å². The number of carbonyl (C=O) groups excluding carboxylic acids is 1. The summed E-state index contributed by atoms with van der Waals surface area (Å²) in [6, 6.07) is 2.17. The fourth-order valence-electron chi connectivity index (χ4n) is 2.76. The Morgan fingerprint density at radius 3 is 2.32 bits per heavy atom. The fraction of sp³-hybridized carbons (Fsp3) is 0.562. The Balaban J connectivity index is 2.41. The molecule has 0 bridgehead atoms. The lowest BCUT2D eigenvalue weighted by Gasteiger charge is -2.20. The lowest BCUT2D eigenvalue weighted by atomic mass is 9.90. The molecule has 0 radical (unpaired) electrons. The van der Waals surface area contributed by atoms with Crippen LogP contribution in [0, 0.1) is 26.2 Å². The minimum Gasteiger partial charge on any atom is -0.496 e. The van der Waals surface area contributed by atoms with Crippen LogP contribution in [0.4, 0.5) is 0 Å². The monoisotopic (exact) mass is 262 g/mol. The van der Waals surface area contributed by atoms with E-state index in [0.29, 0.717) is 0 Å². The first kappa shape index (κ1) is 13.9. The van der Waals surface area contributed by atoms with Gasteiger partial charge >= 0.3 is 5.97 Å². The summed E-state index contributed by atoms with van der Waals surface area (Å²) in [6.07, 6.45) is 2.54. The Morgan fingerprint density at radius 2 is 1.84 bits per heavy atom. The quantitative estimate of drug-likeness (QED) is 0.782. The van der Waals surface area contributed by atoms with Crippen LogP contribution < -0.4 is 4.74 Å². The summed E-state index contributed by atoms with van der Waals surface area (Å²) in [5.41, 5.74) is 4.41. The van der Waals surface area contributed by atoms with E-state index >= 15 is 0 Å². The highest BCUT2D eigenvalue weighted by molar-refractivity contribution is 5.80. The lowest BCUT2D eigenvalue weighted by Crippen LogP contribution is -2.21. The number of ether oxygens (including phenoxy) is 2. The van der Waals surface area contributed by atoms with E-state index < -0.39 is 0 Å². The third kappa shape index (κ3) is 2.34. The van der Waals surface area contributed by atoms with E-state index in [-0.39, 0.29) is 11.4 Å². The Bertz CT molecular complexity index is 513. The summed E-state index contributed by atoms with van der Waals surface area (Å²) in [4.78, 5) is 11.9. The molecule has 3 heteroatoms. The van der Waals surface area contributed by atoms with Gasteiger partial charge in [0, 0.05) is 0 Å². The van der Waals surface area contributed by atoms with E-state index in [4.69, 9.17) is 9.47 Å². The Hall–Kier alpha value is -1.51. The molecule has 0 aromatic heterocycles. The zero-order valence-electron chi connectivity index (χ0n) is 12.4. The van der Waals surface area contributed by atoms with E-state index in [1.165, 1.54) is 18.2 Å². The molecule has 0 heterocycles. The second kappa shape index (κ2) is 4.87. The number of rotatable bonds is 4. The van der Waals surface area contributed by atoms with E-state index in [1.807, 2.05) is 0 Å². The standard InChI is InChI=1S/C16H22O3/c1-10-8-11(2)13(14(18-4)12(10)3)9-16(6-7-16)15(17)19-5/h8H,6-7,9H2,1-5H3. The van der Waals surface area contributed by atoms with Crippen LogP contribution in [0.1, 0.15) is 35.1 Å². The molecule has 1 saturated carbocycles. The second-order valence-corrected chi connectivity index (χ2v) is 5.60. The second-order valence-electron chi connectivity index (χ2n) is 5.60. The molecule has 104 valence electrons. The largest absolute Gasteiger partial charge is 0.496 e. The molecule has 1 aliphatic rings. The molecule has 0 aliphatic heterocycles. The normalized spacial score (nSPS) is 16.1. The molecule has 1 aromatic rings. The predicted molar refractivity (Wildman–Crippen MR) is 74.6 cm³/mol. The van der Waals surface area contributed by atoms with Crippen molar-refractivity contribution < 1.29 is 14.3 Å². The van der Waals surface area contributed by atoms with Crippen molar-refractivity contribution in [1.82, 2.24) is 0 Å². The number of carbonyl (C=O) groups is 1. The van der Waals surface area contributed by atoms with E-state index in [9.17, 15) is 4.79 Å². The first-order valence-electron chi connectivity index (χ1n) is 6.67. The molecule has 0 spiro atoms. The zero-order chi connectivity index (χ0) is 14.2. The maximum Gasteiger partial charge on any atom is 0.312 e. The molecule has 0 N–H and O–H groups in total. The minimum atomic E-state index is -0.311. The molecule has 2 rings (SSSR count). The highest BCUT2D eigenvalue weighted by Crippen LogP contribution is 2.51. The Morgan fingerprint density at radius 1 is 1.21 bits per heavy atom. The van der Waals surface area contributed by atoms with Crippen LogP contribution in [0.2, 0.25) is 0 Å². The number of esters is 1. The zero-order valence-corrected chi connectivity index (χ0v) is 12.4. The summed E-state index contributed by atoms with van der Waals surface area (Å²) < 4.78 is 10.5. The molecule has 0 unspecified atom stereocenters. The average Bonchev–Trinajstić information content (AvgIpc) is 3.16. The SMILES string of the molecule is COC(=O)C1(Cc2c(C)cc(C)c(C)c2OC)CC1.